The highest BCUT2D eigenvalue weighted by Crippen LogP contribution is 2.19. The van der Waals surface area contributed by atoms with Crippen molar-refractivity contribution >= 4 is 11.8 Å². The summed E-state index contributed by atoms with van der Waals surface area (Å²) >= 11 is 1.80. The summed E-state index contributed by atoms with van der Waals surface area (Å²) in [5.74, 6) is 1.05. The number of ether oxygens (including phenoxy) is 1. The van der Waals surface area contributed by atoms with Gasteiger partial charge in [0.15, 0.2) is 11.6 Å². The maximum atomic E-state index is 13.5. The second-order valence-corrected chi connectivity index (χ2v) is 4.79. The second kappa shape index (κ2) is 7.56. The highest BCUT2D eigenvalue weighted by Gasteiger charge is 2.10. The first-order chi connectivity index (χ1) is 8.21. The third kappa shape index (κ3) is 4.56. The fourth-order valence-corrected chi connectivity index (χ4v) is 2.44. The van der Waals surface area contributed by atoms with Crippen molar-refractivity contribution < 1.29 is 9.13 Å². The van der Waals surface area contributed by atoms with Gasteiger partial charge >= 0.3 is 0 Å². The quantitative estimate of drug-likeness (QED) is 0.811. The van der Waals surface area contributed by atoms with Crippen LogP contribution in [-0.4, -0.2) is 31.7 Å². The fourth-order valence-electron chi connectivity index (χ4n) is 1.80. The van der Waals surface area contributed by atoms with E-state index in [1.165, 1.54) is 7.11 Å². The van der Waals surface area contributed by atoms with Crippen molar-refractivity contribution in [2.75, 3.05) is 25.7 Å². The van der Waals surface area contributed by atoms with E-state index in [4.69, 9.17) is 4.74 Å². The Morgan fingerprint density at radius 1 is 1.47 bits per heavy atom. The van der Waals surface area contributed by atoms with E-state index in [0.29, 0.717) is 11.8 Å². The van der Waals surface area contributed by atoms with Crippen molar-refractivity contribution in [1.29, 1.82) is 0 Å². The summed E-state index contributed by atoms with van der Waals surface area (Å²) in [5, 5.41) is 3.41. The molecule has 0 heterocycles. The zero-order valence-electron chi connectivity index (χ0n) is 10.6. The number of thioether (sulfide) groups is 1. The van der Waals surface area contributed by atoms with Crippen LogP contribution in [-0.2, 0) is 6.42 Å². The first kappa shape index (κ1) is 14.3. The lowest BCUT2D eigenvalue weighted by Crippen LogP contribution is -2.33. The van der Waals surface area contributed by atoms with Gasteiger partial charge < -0.3 is 10.1 Å². The summed E-state index contributed by atoms with van der Waals surface area (Å²) in [7, 11) is 1.48. The van der Waals surface area contributed by atoms with Crippen molar-refractivity contribution in [3.63, 3.8) is 0 Å². The first-order valence-electron chi connectivity index (χ1n) is 5.76. The minimum Gasteiger partial charge on any atom is -0.494 e. The number of benzene rings is 1. The Hall–Kier alpha value is -0.740. The van der Waals surface area contributed by atoms with E-state index in [0.717, 1.165) is 24.3 Å². The molecule has 1 aromatic rings. The monoisotopic (exact) mass is 257 g/mol. The Labute approximate surface area is 107 Å². The molecule has 1 N–H and O–H groups in total. The third-order valence-electron chi connectivity index (χ3n) is 2.56. The molecule has 1 aromatic carbocycles. The zero-order valence-corrected chi connectivity index (χ0v) is 11.4. The van der Waals surface area contributed by atoms with Crippen molar-refractivity contribution in [2.45, 2.75) is 19.4 Å². The summed E-state index contributed by atoms with van der Waals surface area (Å²) in [4.78, 5) is 0. The molecule has 0 saturated carbocycles. The summed E-state index contributed by atoms with van der Waals surface area (Å²) in [6.07, 6.45) is 2.93. The number of hydrogen-bond acceptors (Lipinski definition) is 3. The van der Waals surface area contributed by atoms with Gasteiger partial charge in [-0.15, -0.1) is 0 Å². The van der Waals surface area contributed by atoms with Gasteiger partial charge in [0.25, 0.3) is 0 Å². The van der Waals surface area contributed by atoms with Crippen LogP contribution in [0.15, 0.2) is 18.2 Å². The van der Waals surface area contributed by atoms with Gasteiger partial charge in [0.05, 0.1) is 7.11 Å². The normalized spacial score (nSPS) is 12.5. The molecule has 0 aliphatic carbocycles. The molecule has 0 bridgehead atoms. The number of rotatable bonds is 7. The SMILES string of the molecule is CCNC(CSC)Cc1ccc(OC)c(F)c1. The maximum Gasteiger partial charge on any atom is 0.165 e. The standard InChI is InChI=1S/C13H20FNOS/c1-4-15-11(9-17-3)7-10-5-6-13(16-2)12(14)8-10/h5-6,8,11,15H,4,7,9H2,1-3H3. The number of nitrogens with one attached hydrogen (secondary N) is 1. The molecule has 0 fully saturated rings. The summed E-state index contributed by atoms with van der Waals surface area (Å²) in [6.45, 7) is 3.02. The largest absolute Gasteiger partial charge is 0.494 e. The summed E-state index contributed by atoms with van der Waals surface area (Å²) < 4.78 is 18.4. The van der Waals surface area contributed by atoms with Crippen LogP contribution in [0.4, 0.5) is 4.39 Å². The molecule has 17 heavy (non-hydrogen) atoms. The van der Waals surface area contributed by atoms with Gasteiger partial charge in [0.1, 0.15) is 0 Å². The Kier molecular flexibility index (Phi) is 6.37. The van der Waals surface area contributed by atoms with E-state index in [-0.39, 0.29) is 5.82 Å². The molecular formula is C13H20FNOS. The highest BCUT2D eigenvalue weighted by atomic mass is 32.2. The molecule has 0 spiro atoms. The van der Waals surface area contributed by atoms with Crippen molar-refractivity contribution in [2.24, 2.45) is 0 Å². The van der Waals surface area contributed by atoms with Crippen molar-refractivity contribution in [3.05, 3.63) is 29.6 Å². The number of hydrogen-bond donors (Lipinski definition) is 1. The van der Waals surface area contributed by atoms with Crippen LogP contribution >= 0.6 is 11.8 Å². The van der Waals surface area contributed by atoms with Gasteiger partial charge in [0, 0.05) is 11.8 Å². The Balaban J connectivity index is 2.68. The molecule has 0 amide bonds. The van der Waals surface area contributed by atoms with E-state index in [9.17, 15) is 4.39 Å². The van der Waals surface area contributed by atoms with Gasteiger partial charge in [-0.1, -0.05) is 13.0 Å². The smallest absolute Gasteiger partial charge is 0.165 e. The van der Waals surface area contributed by atoms with Gasteiger partial charge in [-0.25, -0.2) is 4.39 Å². The van der Waals surface area contributed by atoms with Crippen LogP contribution in [0.25, 0.3) is 0 Å². The van der Waals surface area contributed by atoms with Crippen LogP contribution < -0.4 is 10.1 Å². The lowest BCUT2D eigenvalue weighted by atomic mass is 10.1. The molecule has 4 heteroatoms. The third-order valence-corrected chi connectivity index (χ3v) is 3.29. The molecular weight excluding hydrogens is 237 g/mol. The fraction of sp³-hybridized carbons (Fsp3) is 0.538. The second-order valence-electron chi connectivity index (χ2n) is 3.88. The van der Waals surface area contributed by atoms with E-state index in [2.05, 4.69) is 18.5 Å². The lowest BCUT2D eigenvalue weighted by Gasteiger charge is -2.17. The molecule has 0 aromatic heterocycles. The Bertz CT molecular complexity index is 340. The highest BCUT2D eigenvalue weighted by molar-refractivity contribution is 7.98. The van der Waals surface area contributed by atoms with Gasteiger partial charge in [-0.2, -0.15) is 11.8 Å². The maximum absolute atomic E-state index is 13.5. The van der Waals surface area contributed by atoms with Crippen LogP contribution in [0.3, 0.4) is 0 Å². The molecule has 1 rings (SSSR count). The predicted molar refractivity (Wildman–Crippen MR) is 72.5 cm³/mol. The lowest BCUT2D eigenvalue weighted by molar-refractivity contribution is 0.386. The van der Waals surface area contributed by atoms with Crippen LogP contribution in [0.5, 0.6) is 5.75 Å². The molecule has 0 radical (unpaired) electrons. The van der Waals surface area contributed by atoms with E-state index >= 15 is 0 Å². The average Bonchev–Trinajstić information content (AvgIpc) is 2.30. The van der Waals surface area contributed by atoms with Gasteiger partial charge in [-0.05, 0) is 36.9 Å². The molecule has 0 aliphatic rings. The first-order valence-corrected chi connectivity index (χ1v) is 7.15. The van der Waals surface area contributed by atoms with Gasteiger partial charge in [0.2, 0.25) is 0 Å². The molecule has 2 nitrogen and oxygen atoms in total. The van der Waals surface area contributed by atoms with Gasteiger partial charge in [-0.3, -0.25) is 0 Å². The Morgan fingerprint density at radius 2 is 2.24 bits per heavy atom. The summed E-state index contributed by atoms with van der Waals surface area (Å²) in [6, 6.07) is 5.56. The zero-order chi connectivity index (χ0) is 12.7. The van der Waals surface area contributed by atoms with E-state index in [1.807, 2.05) is 6.07 Å². The number of likely N-dealkylation sites (N-methyl/N-ethyl adjacent to an activating group) is 1. The molecule has 0 aliphatic heterocycles. The van der Waals surface area contributed by atoms with E-state index < -0.39 is 0 Å². The molecule has 1 atom stereocenters. The van der Waals surface area contributed by atoms with Crippen molar-refractivity contribution in [3.8, 4) is 5.75 Å². The molecule has 0 saturated heterocycles. The summed E-state index contributed by atoms with van der Waals surface area (Å²) in [5.41, 5.74) is 1.00. The molecule has 1 unspecified atom stereocenters. The van der Waals surface area contributed by atoms with Crippen molar-refractivity contribution in [1.82, 2.24) is 5.32 Å². The topological polar surface area (TPSA) is 21.3 Å². The average molecular weight is 257 g/mol. The number of methoxy groups -OCH3 is 1. The molecule has 96 valence electrons. The minimum absolute atomic E-state index is 0.288. The number of halogens is 1. The van der Waals surface area contributed by atoms with Crippen LogP contribution in [0.1, 0.15) is 12.5 Å². The predicted octanol–water partition coefficient (Wildman–Crippen LogP) is 2.72. The van der Waals surface area contributed by atoms with E-state index in [1.54, 1.807) is 23.9 Å². The van der Waals surface area contributed by atoms with Crippen LogP contribution in [0, 0.1) is 5.82 Å². The Morgan fingerprint density at radius 3 is 2.76 bits per heavy atom. The van der Waals surface area contributed by atoms with Crippen LogP contribution in [0.2, 0.25) is 0 Å². The minimum atomic E-state index is -0.288.